The summed E-state index contributed by atoms with van der Waals surface area (Å²) in [4.78, 5) is 11.0. The minimum absolute atomic E-state index is 0.157. The van der Waals surface area contributed by atoms with Gasteiger partial charge in [-0.2, -0.15) is 0 Å². The molecule has 0 bridgehead atoms. The Balaban J connectivity index is 2.09. The van der Waals surface area contributed by atoms with Crippen molar-refractivity contribution in [2.24, 2.45) is 0 Å². The standard InChI is InChI=1S/C14H27NO3/c1-3-4-5-6-7-11(2)18-10-13(14(16)17)15-12-8-9-12/h11-13,15H,3-10H2,1-2H3,(H,16,17). The molecule has 0 aromatic rings. The zero-order valence-electron chi connectivity index (χ0n) is 11.7. The summed E-state index contributed by atoms with van der Waals surface area (Å²) >= 11 is 0. The Kier molecular flexibility index (Phi) is 7.28. The molecule has 0 aromatic heterocycles. The zero-order valence-corrected chi connectivity index (χ0v) is 11.7. The maximum atomic E-state index is 11.0. The molecule has 1 aliphatic carbocycles. The van der Waals surface area contributed by atoms with Gasteiger partial charge < -0.3 is 9.84 Å². The van der Waals surface area contributed by atoms with Gasteiger partial charge in [0.15, 0.2) is 0 Å². The summed E-state index contributed by atoms with van der Waals surface area (Å²) in [6, 6.07) is -0.148. The highest BCUT2D eigenvalue weighted by molar-refractivity contribution is 5.73. The molecule has 0 aliphatic heterocycles. The Hall–Kier alpha value is -0.610. The van der Waals surface area contributed by atoms with Gasteiger partial charge in [-0.1, -0.05) is 32.6 Å². The number of unbranched alkanes of at least 4 members (excludes halogenated alkanes) is 3. The number of aliphatic carboxylic acids is 1. The molecule has 1 fully saturated rings. The second kappa shape index (κ2) is 8.48. The fourth-order valence-electron chi connectivity index (χ4n) is 1.93. The van der Waals surface area contributed by atoms with Gasteiger partial charge in [0.2, 0.25) is 0 Å². The first-order valence-corrected chi connectivity index (χ1v) is 7.24. The third kappa shape index (κ3) is 6.97. The number of nitrogens with one attached hydrogen (secondary N) is 1. The molecule has 2 N–H and O–H groups in total. The lowest BCUT2D eigenvalue weighted by molar-refractivity contribution is -0.141. The maximum Gasteiger partial charge on any atom is 0.323 e. The van der Waals surface area contributed by atoms with Gasteiger partial charge in [-0.25, -0.2) is 0 Å². The molecule has 2 atom stereocenters. The highest BCUT2D eigenvalue weighted by Crippen LogP contribution is 2.19. The molecule has 4 nitrogen and oxygen atoms in total. The summed E-state index contributed by atoms with van der Waals surface area (Å²) in [6.07, 6.45) is 8.29. The average Bonchev–Trinajstić information content (AvgIpc) is 3.13. The zero-order chi connectivity index (χ0) is 13.4. The first-order chi connectivity index (χ1) is 8.63. The smallest absolute Gasteiger partial charge is 0.323 e. The van der Waals surface area contributed by atoms with Crippen LogP contribution >= 0.6 is 0 Å². The number of rotatable bonds is 11. The molecule has 18 heavy (non-hydrogen) atoms. The molecule has 0 amide bonds. The van der Waals surface area contributed by atoms with Crippen LogP contribution in [0.3, 0.4) is 0 Å². The number of carboxylic acids is 1. The van der Waals surface area contributed by atoms with E-state index >= 15 is 0 Å². The molecule has 1 aliphatic rings. The van der Waals surface area contributed by atoms with Crippen molar-refractivity contribution in [1.82, 2.24) is 5.32 Å². The molecule has 0 heterocycles. The van der Waals surface area contributed by atoms with E-state index in [4.69, 9.17) is 9.84 Å². The van der Waals surface area contributed by atoms with E-state index in [1.54, 1.807) is 0 Å². The number of hydrogen-bond acceptors (Lipinski definition) is 3. The lowest BCUT2D eigenvalue weighted by Gasteiger charge is -2.18. The van der Waals surface area contributed by atoms with E-state index in [9.17, 15) is 4.79 Å². The monoisotopic (exact) mass is 257 g/mol. The molecule has 4 heteroatoms. The predicted octanol–water partition coefficient (Wildman–Crippen LogP) is 2.57. The molecular weight excluding hydrogens is 230 g/mol. The second-order valence-electron chi connectivity index (χ2n) is 5.33. The third-order valence-electron chi connectivity index (χ3n) is 3.32. The van der Waals surface area contributed by atoms with E-state index in [1.807, 2.05) is 6.92 Å². The summed E-state index contributed by atoms with van der Waals surface area (Å²) in [5.74, 6) is -0.805. The highest BCUT2D eigenvalue weighted by atomic mass is 16.5. The molecule has 2 unspecified atom stereocenters. The topological polar surface area (TPSA) is 58.6 Å². The van der Waals surface area contributed by atoms with Gasteiger partial charge in [-0.15, -0.1) is 0 Å². The van der Waals surface area contributed by atoms with E-state index in [0.29, 0.717) is 6.04 Å². The van der Waals surface area contributed by atoms with E-state index < -0.39 is 12.0 Å². The molecule has 1 rings (SSSR count). The quantitative estimate of drug-likeness (QED) is 0.559. The van der Waals surface area contributed by atoms with Crippen molar-refractivity contribution in [3.8, 4) is 0 Å². The maximum absolute atomic E-state index is 11.0. The first-order valence-electron chi connectivity index (χ1n) is 7.24. The summed E-state index contributed by atoms with van der Waals surface area (Å²) in [5, 5.41) is 12.2. The van der Waals surface area contributed by atoms with E-state index in [0.717, 1.165) is 19.3 Å². The molecule has 0 spiro atoms. The third-order valence-corrected chi connectivity index (χ3v) is 3.32. The normalized spacial score (nSPS) is 18.6. The number of ether oxygens (including phenoxy) is 1. The van der Waals surface area contributed by atoms with E-state index in [2.05, 4.69) is 12.2 Å². The molecule has 1 saturated carbocycles. The largest absolute Gasteiger partial charge is 0.480 e. The van der Waals surface area contributed by atoms with Crippen molar-refractivity contribution in [2.75, 3.05) is 6.61 Å². The number of carboxylic acid groups (broad SMARTS) is 1. The summed E-state index contributed by atoms with van der Waals surface area (Å²) in [6.45, 7) is 4.50. The Labute approximate surface area is 110 Å². The minimum atomic E-state index is -0.805. The molecule has 0 aromatic carbocycles. The van der Waals surface area contributed by atoms with Crippen LogP contribution in [0.25, 0.3) is 0 Å². The fourth-order valence-corrected chi connectivity index (χ4v) is 1.93. The highest BCUT2D eigenvalue weighted by Gasteiger charge is 2.28. The molecule has 0 radical (unpaired) electrons. The van der Waals surface area contributed by atoms with Crippen molar-refractivity contribution in [2.45, 2.75) is 77.0 Å². The Morgan fingerprint density at radius 2 is 2.11 bits per heavy atom. The van der Waals surface area contributed by atoms with Crippen LogP contribution in [0.5, 0.6) is 0 Å². The van der Waals surface area contributed by atoms with E-state index in [1.165, 1.54) is 25.7 Å². The van der Waals surface area contributed by atoms with Crippen molar-refractivity contribution in [3.63, 3.8) is 0 Å². The molecule has 106 valence electrons. The van der Waals surface area contributed by atoms with Gasteiger partial charge in [0.1, 0.15) is 6.04 Å². The van der Waals surface area contributed by atoms with Gasteiger partial charge in [0.25, 0.3) is 0 Å². The van der Waals surface area contributed by atoms with Gasteiger partial charge in [0, 0.05) is 6.04 Å². The molecular formula is C14H27NO3. The Morgan fingerprint density at radius 1 is 1.39 bits per heavy atom. The van der Waals surface area contributed by atoms with Crippen LogP contribution in [0, 0.1) is 0 Å². The van der Waals surface area contributed by atoms with Crippen LogP contribution in [0.4, 0.5) is 0 Å². The number of hydrogen-bond donors (Lipinski definition) is 2. The van der Waals surface area contributed by atoms with Crippen molar-refractivity contribution in [1.29, 1.82) is 0 Å². The molecule has 0 saturated heterocycles. The van der Waals surface area contributed by atoms with Gasteiger partial charge in [-0.3, -0.25) is 10.1 Å². The lowest BCUT2D eigenvalue weighted by atomic mass is 10.1. The van der Waals surface area contributed by atoms with Crippen LogP contribution < -0.4 is 5.32 Å². The van der Waals surface area contributed by atoms with Crippen molar-refractivity contribution < 1.29 is 14.6 Å². The van der Waals surface area contributed by atoms with E-state index in [-0.39, 0.29) is 12.7 Å². The van der Waals surface area contributed by atoms with Crippen LogP contribution in [-0.2, 0) is 9.53 Å². The second-order valence-corrected chi connectivity index (χ2v) is 5.33. The summed E-state index contributed by atoms with van der Waals surface area (Å²) in [7, 11) is 0. The SMILES string of the molecule is CCCCCCC(C)OCC(NC1CC1)C(=O)O. The minimum Gasteiger partial charge on any atom is -0.480 e. The van der Waals surface area contributed by atoms with Crippen LogP contribution in [-0.4, -0.2) is 35.9 Å². The van der Waals surface area contributed by atoms with Crippen molar-refractivity contribution in [3.05, 3.63) is 0 Å². The van der Waals surface area contributed by atoms with Gasteiger partial charge in [-0.05, 0) is 26.2 Å². The fraction of sp³-hybridized carbons (Fsp3) is 0.929. The average molecular weight is 257 g/mol. The van der Waals surface area contributed by atoms with Crippen LogP contribution in [0.2, 0.25) is 0 Å². The Morgan fingerprint density at radius 3 is 2.67 bits per heavy atom. The van der Waals surface area contributed by atoms with Gasteiger partial charge >= 0.3 is 5.97 Å². The van der Waals surface area contributed by atoms with Gasteiger partial charge in [0.05, 0.1) is 12.7 Å². The first kappa shape index (κ1) is 15.4. The van der Waals surface area contributed by atoms with Crippen molar-refractivity contribution >= 4 is 5.97 Å². The number of carbonyl (C=O) groups is 1. The summed E-state index contributed by atoms with van der Waals surface area (Å²) < 4.78 is 5.63. The predicted molar refractivity (Wildman–Crippen MR) is 71.8 cm³/mol. The summed E-state index contributed by atoms with van der Waals surface area (Å²) in [5.41, 5.74) is 0. The van der Waals surface area contributed by atoms with Crippen LogP contribution in [0.15, 0.2) is 0 Å². The lowest BCUT2D eigenvalue weighted by Crippen LogP contribution is -2.42. The Bertz CT molecular complexity index is 241. The van der Waals surface area contributed by atoms with Crippen LogP contribution in [0.1, 0.15) is 58.8 Å².